The van der Waals surface area contributed by atoms with Crippen molar-refractivity contribution in [1.29, 1.82) is 0 Å². The maximum Gasteiger partial charge on any atom is 0.269 e. The van der Waals surface area contributed by atoms with Gasteiger partial charge in [0, 0.05) is 25.6 Å². The van der Waals surface area contributed by atoms with Crippen LogP contribution in [0.5, 0.6) is 0 Å². The van der Waals surface area contributed by atoms with Gasteiger partial charge in [-0.2, -0.15) is 4.98 Å². The fourth-order valence-corrected chi connectivity index (χ4v) is 4.68. The van der Waals surface area contributed by atoms with Crippen molar-refractivity contribution in [3.8, 4) is 10.8 Å². The van der Waals surface area contributed by atoms with Crippen LogP contribution in [0.15, 0.2) is 4.52 Å². The summed E-state index contributed by atoms with van der Waals surface area (Å²) in [6.07, 6.45) is 5.18. The van der Waals surface area contributed by atoms with Crippen molar-refractivity contribution in [2.75, 3.05) is 26.7 Å². The van der Waals surface area contributed by atoms with E-state index in [1.165, 1.54) is 30.7 Å². The summed E-state index contributed by atoms with van der Waals surface area (Å²) in [4.78, 5) is 12.8. The van der Waals surface area contributed by atoms with Crippen molar-refractivity contribution < 1.29 is 4.52 Å². The first-order valence-electron chi connectivity index (χ1n) is 8.44. The van der Waals surface area contributed by atoms with Crippen molar-refractivity contribution in [1.82, 2.24) is 25.3 Å². The SMILES string of the molecule is Cc1nc(C2CCCC2)sc1-c1nc(C2CNCCN2C)no1. The topological polar surface area (TPSA) is 67.1 Å². The van der Waals surface area contributed by atoms with Gasteiger partial charge < -0.3 is 9.84 Å². The number of nitrogens with zero attached hydrogens (tertiary/aromatic N) is 4. The van der Waals surface area contributed by atoms with Crippen LogP contribution in [-0.4, -0.2) is 46.7 Å². The first-order chi connectivity index (χ1) is 11.2. The summed E-state index contributed by atoms with van der Waals surface area (Å²) in [7, 11) is 2.11. The van der Waals surface area contributed by atoms with Gasteiger partial charge in [0.05, 0.1) is 16.7 Å². The van der Waals surface area contributed by atoms with E-state index in [-0.39, 0.29) is 6.04 Å². The Labute approximate surface area is 140 Å². The zero-order valence-electron chi connectivity index (χ0n) is 13.7. The molecule has 0 aromatic carbocycles. The minimum Gasteiger partial charge on any atom is -0.333 e. The molecule has 124 valence electrons. The Morgan fingerprint density at radius 1 is 1.26 bits per heavy atom. The van der Waals surface area contributed by atoms with Gasteiger partial charge in [-0.3, -0.25) is 4.90 Å². The zero-order chi connectivity index (χ0) is 15.8. The fraction of sp³-hybridized carbons (Fsp3) is 0.688. The number of thiazole rings is 1. The average Bonchev–Trinajstić information content (AvgIpc) is 3.27. The molecule has 2 aromatic heterocycles. The molecule has 1 saturated carbocycles. The van der Waals surface area contributed by atoms with Crippen molar-refractivity contribution in [3.05, 3.63) is 16.5 Å². The van der Waals surface area contributed by atoms with Crippen LogP contribution in [0.25, 0.3) is 10.8 Å². The molecule has 0 bridgehead atoms. The van der Waals surface area contributed by atoms with Crippen LogP contribution in [0, 0.1) is 6.92 Å². The molecule has 2 aromatic rings. The monoisotopic (exact) mass is 333 g/mol. The molecule has 1 atom stereocenters. The fourth-order valence-electron chi connectivity index (χ4n) is 3.52. The number of hydrogen-bond donors (Lipinski definition) is 1. The van der Waals surface area contributed by atoms with E-state index in [1.54, 1.807) is 11.3 Å². The number of likely N-dealkylation sites (N-methyl/N-ethyl adjacent to an activating group) is 1. The van der Waals surface area contributed by atoms with Gasteiger partial charge in [-0.25, -0.2) is 4.98 Å². The summed E-state index contributed by atoms with van der Waals surface area (Å²) in [6, 6.07) is 0.184. The van der Waals surface area contributed by atoms with E-state index in [2.05, 4.69) is 27.4 Å². The molecule has 2 aliphatic rings. The largest absolute Gasteiger partial charge is 0.333 e. The van der Waals surface area contributed by atoms with Gasteiger partial charge in [-0.1, -0.05) is 18.0 Å². The van der Waals surface area contributed by atoms with Crippen LogP contribution in [0.2, 0.25) is 0 Å². The highest BCUT2D eigenvalue weighted by atomic mass is 32.1. The molecule has 1 aliphatic carbocycles. The molecule has 1 saturated heterocycles. The lowest BCUT2D eigenvalue weighted by Gasteiger charge is -2.30. The molecule has 6 nitrogen and oxygen atoms in total. The lowest BCUT2D eigenvalue weighted by atomic mass is 10.1. The maximum absolute atomic E-state index is 5.56. The summed E-state index contributed by atoms with van der Waals surface area (Å²) < 4.78 is 5.56. The van der Waals surface area contributed by atoms with Crippen molar-refractivity contribution >= 4 is 11.3 Å². The Morgan fingerprint density at radius 3 is 2.87 bits per heavy atom. The highest BCUT2D eigenvalue weighted by Crippen LogP contribution is 2.40. The molecule has 3 heterocycles. The molecule has 1 N–H and O–H groups in total. The standard InChI is InChI=1S/C16H23N5OS/c1-10-13(23-16(18-10)11-5-3-4-6-11)15-19-14(20-22-15)12-9-17-7-8-21(12)2/h11-12,17H,3-9H2,1-2H3. The van der Waals surface area contributed by atoms with Crippen LogP contribution >= 0.6 is 11.3 Å². The van der Waals surface area contributed by atoms with Crippen LogP contribution in [0.4, 0.5) is 0 Å². The number of nitrogens with one attached hydrogen (secondary N) is 1. The number of piperazine rings is 1. The maximum atomic E-state index is 5.56. The minimum absolute atomic E-state index is 0.184. The predicted octanol–water partition coefficient (Wildman–Crippen LogP) is 2.74. The Morgan fingerprint density at radius 2 is 2.09 bits per heavy atom. The minimum atomic E-state index is 0.184. The van der Waals surface area contributed by atoms with Crippen LogP contribution in [0.1, 0.15) is 54.2 Å². The smallest absolute Gasteiger partial charge is 0.269 e. The van der Waals surface area contributed by atoms with Crippen molar-refractivity contribution in [2.45, 2.75) is 44.6 Å². The number of aromatic nitrogens is 3. The normalized spacial score (nSPS) is 23.7. The average molecular weight is 333 g/mol. The number of hydrogen-bond acceptors (Lipinski definition) is 7. The summed E-state index contributed by atoms with van der Waals surface area (Å²) in [5, 5.41) is 8.86. The van der Waals surface area contributed by atoms with E-state index in [1.807, 2.05) is 6.92 Å². The van der Waals surface area contributed by atoms with Crippen LogP contribution in [0.3, 0.4) is 0 Å². The van der Waals surface area contributed by atoms with Crippen LogP contribution < -0.4 is 5.32 Å². The predicted molar refractivity (Wildman–Crippen MR) is 89.6 cm³/mol. The molecule has 4 rings (SSSR count). The summed E-state index contributed by atoms with van der Waals surface area (Å²) in [5.74, 6) is 2.02. The Bertz CT molecular complexity index is 676. The van der Waals surface area contributed by atoms with Crippen molar-refractivity contribution in [2.24, 2.45) is 0 Å². The van der Waals surface area contributed by atoms with Gasteiger partial charge in [-0.05, 0) is 26.8 Å². The van der Waals surface area contributed by atoms with E-state index in [4.69, 9.17) is 9.51 Å². The number of aryl methyl sites for hydroxylation is 1. The second-order valence-electron chi connectivity index (χ2n) is 6.61. The molecule has 7 heteroatoms. The lowest BCUT2D eigenvalue weighted by Crippen LogP contribution is -2.44. The summed E-state index contributed by atoms with van der Waals surface area (Å²) in [6.45, 7) is 4.92. The second-order valence-corrected chi connectivity index (χ2v) is 7.64. The van der Waals surface area contributed by atoms with Gasteiger partial charge >= 0.3 is 0 Å². The molecule has 0 spiro atoms. The molecular formula is C16H23N5OS. The van der Waals surface area contributed by atoms with Gasteiger partial charge in [-0.15, -0.1) is 11.3 Å². The third-order valence-electron chi connectivity index (χ3n) is 4.96. The lowest BCUT2D eigenvalue weighted by molar-refractivity contribution is 0.190. The van der Waals surface area contributed by atoms with E-state index in [0.29, 0.717) is 11.8 Å². The molecule has 2 fully saturated rings. The van der Waals surface area contributed by atoms with E-state index < -0.39 is 0 Å². The van der Waals surface area contributed by atoms with Gasteiger partial charge in [0.1, 0.15) is 4.88 Å². The van der Waals surface area contributed by atoms with E-state index in [9.17, 15) is 0 Å². The van der Waals surface area contributed by atoms with Crippen LogP contribution in [-0.2, 0) is 0 Å². The third kappa shape index (κ3) is 2.93. The van der Waals surface area contributed by atoms with E-state index >= 15 is 0 Å². The molecule has 1 aliphatic heterocycles. The number of rotatable bonds is 3. The first kappa shape index (κ1) is 15.2. The molecule has 1 unspecified atom stereocenters. The summed E-state index contributed by atoms with van der Waals surface area (Å²) >= 11 is 1.73. The zero-order valence-corrected chi connectivity index (χ0v) is 14.5. The molecule has 0 radical (unpaired) electrons. The molecule has 0 amide bonds. The third-order valence-corrected chi connectivity index (χ3v) is 6.27. The van der Waals surface area contributed by atoms with E-state index in [0.717, 1.165) is 36.0 Å². The molecular weight excluding hydrogens is 310 g/mol. The Hall–Kier alpha value is -1.31. The second kappa shape index (κ2) is 6.30. The molecule has 23 heavy (non-hydrogen) atoms. The quantitative estimate of drug-likeness (QED) is 0.931. The van der Waals surface area contributed by atoms with Gasteiger partial charge in [0.15, 0.2) is 5.82 Å². The summed E-state index contributed by atoms with van der Waals surface area (Å²) in [5.41, 5.74) is 1.02. The van der Waals surface area contributed by atoms with Crippen molar-refractivity contribution in [3.63, 3.8) is 0 Å². The van der Waals surface area contributed by atoms with Gasteiger partial charge in [0.2, 0.25) is 0 Å². The Kier molecular flexibility index (Phi) is 4.17. The Balaban J connectivity index is 1.59. The van der Waals surface area contributed by atoms with Gasteiger partial charge in [0.25, 0.3) is 5.89 Å². The highest BCUT2D eigenvalue weighted by Gasteiger charge is 2.28. The first-order valence-corrected chi connectivity index (χ1v) is 9.26. The highest BCUT2D eigenvalue weighted by molar-refractivity contribution is 7.15.